The summed E-state index contributed by atoms with van der Waals surface area (Å²) in [6.07, 6.45) is 1.85. The molecule has 2 N–H and O–H groups in total. The van der Waals surface area contributed by atoms with Crippen molar-refractivity contribution in [2.45, 2.75) is 0 Å². The minimum atomic E-state index is 0.248. The molecule has 0 saturated carbocycles. The highest BCUT2D eigenvalue weighted by molar-refractivity contribution is 5.71. The number of phenolic OH excluding ortho intramolecular Hbond substituents is 1. The molecule has 1 heterocycles. The molecule has 0 amide bonds. The quantitative estimate of drug-likeness (QED) is 0.692. The molecule has 78 valence electrons. The number of phenols is 1. The third-order valence-corrected chi connectivity index (χ3v) is 2.54. The zero-order valence-electron chi connectivity index (χ0n) is 8.51. The predicted octanol–water partition coefficient (Wildman–Crippen LogP) is 1.51. The number of aromatic hydroxyl groups is 1. The molecule has 16 heavy (non-hydrogen) atoms. The third kappa shape index (κ3) is 1.42. The van der Waals surface area contributed by atoms with Gasteiger partial charge in [-0.25, -0.2) is 4.99 Å². The Kier molecular flexibility index (Phi) is 1.90. The number of nitrogens with one attached hydrogen (secondary N) is 1. The van der Waals surface area contributed by atoms with Crippen LogP contribution in [0.25, 0.3) is 6.20 Å². The topological polar surface area (TPSA) is 44.6 Å². The van der Waals surface area contributed by atoms with Crippen LogP contribution in [0.4, 0.5) is 11.4 Å². The summed E-state index contributed by atoms with van der Waals surface area (Å²) in [6.45, 7) is 0. The Morgan fingerprint density at radius 1 is 1.06 bits per heavy atom. The standard InChI is InChI=1S/C13H10N2O/c16-10-5-6-11-9(7-10)8-14-12-3-1-2-4-13(12)15-11/h1-8,14,16H. The minimum Gasteiger partial charge on any atom is -0.508 e. The molecule has 0 bridgehead atoms. The zero-order chi connectivity index (χ0) is 11.0. The molecular weight excluding hydrogens is 200 g/mol. The summed E-state index contributed by atoms with van der Waals surface area (Å²) in [5, 5.41) is 14.3. The first kappa shape index (κ1) is 8.97. The summed E-state index contributed by atoms with van der Waals surface area (Å²) < 4.78 is 0. The van der Waals surface area contributed by atoms with Crippen LogP contribution in [0.3, 0.4) is 0 Å². The van der Waals surface area contributed by atoms with E-state index in [0.717, 1.165) is 22.0 Å². The molecule has 0 saturated heterocycles. The Balaban J connectivity index is 2.33. The van der Waals surface area contributed by atoms with Crippen molar-refractivity contribution in [3.63, 3.8) is 0 Å². The van der Waals surface area contributed by atoms with Crippen molar-refractivity contribution in [2.24, 2.45) is 4.99 Å². The zero-order valence-corrected chi connectivity index (χ0v) is 8.51. The van der Waals surface area contributed by atoms with E-state index in [1.165, 1.54) is 0 Å². The van der Waals surface area contributed by atoms with Gasteiger partial charge >= 0.3 is 0 Å². The lowest BCUT2D eigenvalue weighted by molar-refractivity contribution is 0.474. The number of anilines is 1. The lowest BCUT2D eigenvalue weighted by Gasteiger charge is -2.01. The van der Waals surface area contributed by atoms with Crippen molar-refractivity contribution in [1.82, 2.24) is 0 Å². The molecule has 0 aromatic heterocycles. The number of nitrogens with zero attached hydrogens (tertiary/aromatic N) is 1. The Morgan fingerprint density at radius 3 is 2.88 bits per heavy atom. The smallest absolute Gasteiger partial charge is 0.116 e. The molecule has 0 unspecified atom stereocenters. The van der Waals surface area contributed by atoms with Crippen LogP contribution in [0.15, 0.2) is 47.5 Å². The van der Waals surface area contributed by atoms with Gasteiger partial charge in [0.25, 0.3) is 0 Å². The van der Waals surface area contributed by atoms with Crippen LogP contribution in [-0.2, 0) is 0 Å². The molecule has 0 fully saturated rings. The summed E-state index contributed by atoms with van der Waals surface area (Å²) >= 11 is 0. The molecule has 2 aromatic rings. The van der Waals surface area contributed by atoms with E-state index in [9.17, 15) is 5.11 Å². The first-order valence-electron chi connectivity index (χ1n) is 5.06. The first-order valence-corrected chi connectivity index (χ1v) is 5.06. The van der Waals surface area contributed by atoms with Gasteiger partial charge in [-0.05, 0) is 30.3 Å². The second-order valence-corrected chi connectivity index (χ2v) is 3.66. The highest BCUT2D eigenvalue weighted by atomic mass is 16.3. The Morgan fingerprint density at radius 2 is 1.94 bits per heavy atom. The van der Waals surface area contributed by atoms with Gasteiger partial charge in [0, 0.05) is 11.4 Å². The van der Waals surface area contributed by atoms with Gasteiger partial charge in [-0.15, -0.1) is 0 Å². The van der Waals surface area contributed by atoms with E-state index in [0.29, 0.717) is 0 Å². The van der Waals surface area contributed by atoms with Gasteiger partial charge < -0.3 is 10.4 Å². The van der Waals surface area contributed by atoms with E-state index in [4.69, 9.17) is 0 Å². The fraction of sp³-hybridized carbons (Fsp3) is 0. The number of hydrogen-bond acceptors (Lipinski definition) is 3. The average molecular weight is 210 g/mol. The molecule has 0 spiro atoms. The minimum absolute atomic E-state index is 0.248. The summed E-state index contributed by atoms with van der Waals surface area (Å²) in [6, 6.07) is 13.0. The first-order chi connectivity index (χ1) is 7.83. The van der Waals surface area contributed by atoms with Crippen molar-refractivity contribution < 1.29 is 5.11 Å². The molecule has 0 aliphatic carbocycles. The Bertz CT molecular complexity index is 662. The van der Waals surface area contributed by atoms with E-state index in [-0.39, 0.29) is 5.75 Å². The molecular formula is C13H10N2O. The highest BCUT2D eigenvalue weighted by Crippen LogP contribution is 2.24. The number of rotatable bonds is 0. The molecule has 3 nitrogen and oxygen atoms in total. The number of fused-ring (bicyclic) bond motifs is 2. The normalized spacial score (nSPS) is 12.2. The number of hydrogen-bond donors (Lipinski definition) is 2. The van der Waals surface area contributed by atoms with Crippen LogP contribution in [0.5, 0.6) is 5.75 Å². The van der Waals surface area contributed by atoms with Gasteiger partial charge in [0.05, 0.1) is 16.7 Å². The molecule has 1 aliphatic heterocycles. The lowest BCUT2D eigenvalue weighted by atomic mass is 10.2. The van der Waals surface area contributed by atoms with Crippen molar-refractivity contribution >= 4 is 17.6 Å². The van der Waals surface area contributed by atoms with E-state index in [2.05, 4.69) is 10.3 Å². The summed E-state index contributed by atoms with van der Waals surface area (Å²) in [4.78, 5) is 4.54. The van der Waals surface area contributed by atoms with Gasteiger partial charge in [-0.3, -0.25) is 0 Å². The van der Waals surface area contributed by atoms with E-state index >= 15 is 0 Å². The van der Waals surface area contributed by atoms with Crippen molar-refractivity contribution in [1.29, 1.82) is 0 Å². The van der Waals surface area contributed by atoms with Crippen LogP contribution in [0.2, 0.25) is 0 Å². The molecule has 0 radical (unpaired) electrons. The second kappa shape index (κ2) is 3.38. The molecule has 1 aliphatic rings. The van der Waals surface area contributed by atoms with Crippen LogP contribution < -0.4 is 15.9 Å². The highest BCUT2D eigenvalue weighted by Gasteiger charge is 2.02. The van der Waals surface area contributed by atoms with Gasteiger partial charge in [-0.1, -0.05) is 12.1 Å². The second-order valence-electron chi connectivity index (χ2n) is 3.66. The summed E-state index contributed by atoms with van der Waals surface area (Å²) in [5.74, 6) is 0.248. The fourth-order valence-electron chi connectivity index (χ4n) is 1.74. The van der Waals surface area contributed by atoms with E-state index < -0.39 is 0 Å². The maximum absolute atomic E-state index is 9.41. The monoisotopic (exact) mass is 210 g/mol. The van der Waals surface area contributed by atoms with E-state index in [1.54, 1.807) is 12.1 Å². The molecule has 2 aromatic carbocycles. The predicted molar refractivity (Wildman–Crippen MR) is 63.1 cm³/mol. The summed E-state index contributed by atoms with van der Waals surface area (Å²) in [5.41, 5.74) is 1.88. The maximum atomic E-state index is 9.41. The largest absolute Gasteiger partial charge is 0.508 e. The average Bonchev–Trinajstić information content (AvgIpc) is 2.48. The molecule has 0 atom stereocenters. The number of benzene rings is 2. The lowest BCUT2D eigenvalue weighted by Crippen LogP contribution is -2.23. The summed E-state index contributed by atoms with van der Waals surface area (Å²) in [7, 11) is 0. The molecule has 3 heteroatoms. The number of para-hydroxylation sites is 2. The van der Waals surface area contributed by atoms with Gasteiger partial charge in [0.15, 0.2) is 0 Å². The van der Waals surface area contributed by atoms with Crippen molar-refractivity contribution in [3.05, 3.63) is 53.0 Å². The van der Waals surface area contributed by atoms with E-state index in [1.807, 2.05) is 36.5 Å². The van der Waals surface area contributed by atoms with Crippen LogP contribution in [-0.4, -0.2) is 5.11 Å². The third-order valence-electron chi connectivity index (χ3n) is 2.54. The van der Waals surface area contributed by atoms with Gasteiger partial charge in [0.2, 0.25) is 0 Å². The van der Waals surface area contributed by atoms with Crippen molar-refractivity contribution in [3.8, 4) is 5.75 Å². The fourth-order valence-corrected chi connectivity index (χ4v) is 1.74. The van der Waals surface area contributed by atoms with Crippen LogP contribution in [0.1, 0.15) is 0 Å². The maximum Gasteiger partial charge on any atom is 0.116 e. The van der Waals surface area contributed by atoms with Crippen molar-refractivity contribution in [2.75, 3.05) is 5.32 Å². The molecule has 3 rings (SSSR count). The Hall–Kier alpha value is -2.29. The Labute approximate surface area is 92.4 Å². The van der Waals surface area contributed by atoms with Crippen LogP contribution in [0, 0.1) is 0 Å². The van der Waals surface area contributed by atoms with Crippen LogP contribution >= 0.6 is 0 Å². The van der Waals surface area contributed by atoms with Gasteiger partial charge in [-0.2, -0.15) is 0 Å². The van der Waals surface area contributed by atoms with Gasteiger partial charge in [0.1, 0.15) is 5.75 Å². The SMILES string of the molecule is Oc1ccc2c(c1)=CNc1ccccc1N=2.